The van der Waals surface area contributed by atoms with Crippen LogP contribution in [0.1, 0.15) is 25.3 Å². The van der Waals surface area contributed by atoms with Gasteiger partial charge in [-0.25, -0.2) is 0 Å². The van der Waals surface area contributed by atoms with Gasteiger partial charge in [0, 0.05) is 23.1 Å². The van der Waals surface area contributed by atoms with E-state index >= 15 is 0 Å². The number of aryl methyl sites for hydroxylation is 1. The zero-order valence-electron chi connectivity index (χ0n) is 11.1. The zero-order valence-corrected chi connectivity index (χ0v) is 12.7. The first kappa shape index (κ1) is 14.1. The Hall–Kier alpha value is -1.36. The number of anilines is 1. The quantitative estimate of drug-likeness (QED) is 0.925. The van der Waals surface area contributed by atoms with E-state index in [0.29, 0.717) is 0 Å². The minimum Gasteiger partial charge on any atom is -0.331 e. The van der Waals surface area contributed by atoms with Gasteiger partial charge in [-0.3, -0.25) is 9.59 Å². The predicted molar refractivity (Wildman–Crippen MR) is 77.9 cm³/mol. The van der Waals surface area contributed by atoms with Crippen molar-refractivity contribution in [2.24, 2.45) is 0 Å². The van der Waals surface area contributed by atoms with Gasteiger partial charge in [-0.05, 0) is 43.5 Å². The van der Waals surface area contributed by atoms with Crippen molar-refractivity contribution >= 4 is 33.4 Å². The van der Waals surface area contributed by atoms with Crippen LogP contribution in [-0.2, 0) is 9.59 Å². The van der Waals surface area contributed by atoms with E-state index in [4.69, 9.17) is 0 Å². The number of nitrogens with zero attached hydrogens (tertiary/aromatic N) is 1. The molecule has 0 unspecified atom stereocenters. The number of halogens is 1. The van der Waals surface area contributed by atoms with Gasteiger partial charge in [0.1, 0.15) is 6.54 Å². The van der Waals surface area contributed by atoms with E-state index in [1.807, 2.05) is 25.1 Å². The standard InChI is InChI=1S/C14H17BrN2O2/c1-9-7-11(3-6-13(9)15)16-14(19)8-17(10(2)18)12-4-5-12/h3,6-7,12H,4-5,8H2,1-2H3,(H,16,19). The largest absolute Gasteiger partial charge is 0.331 e. The van der Waals surface area contributed by atoms with E-state index in [1.165, 1.54) is 6.92 Å². The molecule has 0 saturated heterocycles. The Labute approximate surface area is 121 Å². The van der Waals surface area contributed by atoms with Crippen LogP contribution >= 0.6 is 15.9 Å². The van der Waals surface area contributed by atoms with Crippen molar-refractivity contribution in [1.82, 2.24) is 4.90 Å². The summed E-state index contributed by atoms with van der Waals surface area (Å²) < 4.78 is 1.01. The monoisotopic (exact) mass is 324 g/mol. The third kappa shape index (κ3) is 3.80. The van der Waals surface area contributed by atoms with E-state index in [9.17, 15) is 9.59 Å². The normalized spacial score (nSPS) is 14.1. The van der Waals surface area contributed by atoms with Crippen LogP contribution in [0.4, 0.5) is 5.69 Å². The third-order valence-corrected chi connectivity index (χ3v) is 4.04. The molecule has 1 saturated carbocycles. The number of nitrogens with one attached hydrogen (secondary N) is 1. The van der Waals surface area contributed by atoms with Gasteiger partial charge in [-0.2, -0.15) is 0 Å². The zero-order chi connectivity index (χ0) is 14.0. The molecule has 0 aromatic heterocycles. The summed E-state index contributed by atoms with van der Waals surface area (Å²) >= 11 is 3.42. The lowest BCUT2D eigenvalue weighted by atomic mass is 10.2. The van der Waals surface area contributed by atoms with Crippen LogP contribution in [0.2, 0.25) is 0 Å². The minimum atomic E-state index is -0.149. The average Bonchev–Trinajstić information content (AvgIpc) is 3.14. The highest BCUT2D eigenvalue weighted by Gasteiger charge is 2.31. The molecule has 2 amide bonds. The molecule has 1 aromatic rings. The maximum absolute atomic E-state index is 11.9. The Morgan fingerprint density at radius 3 is 2.63 bits per heavy atom. The van der Waals surface area contributed by atoms with E-state index in [2.05, 4.69) is 21.2 Å². The van der Waals surface area contributed by atoms with Crippen molar-refractivity contribution in [1.29, 1.82) is 0 Å². The van der Waals surface area contributed by atoms with Gasteiger partial charge in [0.25, 0.3) is 0 Å². The number of hydrogen-bond acceptors (Lipinski definition) is 2. The van der Waals surface area contributed by atoms with E-state index in [-0.39, 0.29) is 24.4 Å². The second-order valence-corrected chi connectivity index (χ2v) is 5.74. The summed E-state index contributed by atoms with van der Waals surface area (Å²) in [6.07, 6.45) is 2.01. The highest BCUT2D eigenvalue weighted by molar-refractivity contribution is 9.10. The van der Waals surface area contributed by atoms with Gasteiger partial charge in [-0.1, -0.05) is 15.9 Å². The SMILES string of the molecule is CC(=O)N(CC(=O)Nc1ccc(Br)c(C)c1)C1CC1. The summed E-state index contributed by atoms with van der Waals surface area (Å²) in [4.78, 5) is 25.0. The van der Waals surface area contributed by atoms with Gasteiger partial charge in [0.15, 0.2) is 0 Å². The minimum absolute atomic E-state index is 0.0374. The van der Waals surface area contributed by atoms with Crippen molar-refractivity contribution < 1.29 is 9.59 Å². The Balaban J connectivity index is 1.96. The van der Waals surface area contributed by atoms with Crippen molar-refractivity contribution in [3.05, 3.63) is 28.2 Å². The molecule has 0 heterocycles. The molecule has 1 fully saturated rings. The molecular weight excluding hydrogens is 308 g/mol. The molecule has 19 heavy (non-hydrogen) atoms. The van der Waals surface area contributed by atoms with Crippen LogP contribution < -0.4 is 5.32 Å². The van der Waals surface area contributed by atoms with Gasteiger partial charge in [-0.15, -0.1) is 0 Å². The predicted octanol–water partition coefficient (Wildman–Crippen LogP) is 2.71. The van der Waals surface area contributed by atoms with Gasteiger partial charge < -0.3 is 10.2 Å². The molecule has 4 nitrogen and oxygen atoms in total. The topological polar surface area (TPSA) is 49.4 Å². The molecule has 0 spiro atoms. The van der Waals surface area contributed by atoms with Gasteiger partial charge >= 0.3 is 0 Å². The summed E-state index contributed by atoms with van der Waals surface area (Å²) in [6.45, 7) is 3.61. The number of benzene rings is 1. The van der Waals surface area contributed by atoms with E-state index < -0.39 is 0 Å². The van der Waals surface area contributed by atoms with Crippen molar-refractivity contribution in [2.75, 3.05) is 11.9 Å². The molecule has 0 atom stereocenters. The molecule has 0 aliphatic heterocycles. The summed E-state index contributed by atoms with van der Waals surface area (Å²) in [5.41, 5.74) is 1.81. The van der Waals surface area contributed by atoms with Crippen LogP contribution in [0.3, 0.4) is 0 Å². The lowest BCUT2D eigenvalue weighted by Gasteiger charge is -2.19. The van der Waals surface area contributed by atoms with Crippen molar-refractivity contribution in [3.8, 4) is 0 Å². The molecule has 2 rings (SSSR count). The lowest BCUT2D eigenvalue weighted by Crippen LogP contribution is -2.38. The number of amides is 2. The van der Waals surface area contributed by atoms with Crippen LogP contribution in [0.5, 0.6) is 0 Å². The highest BCUT2D eigenvalue weighted by atomic mass is 79.9. The maximum atomic E-state index is 11.9. The second kappa shape index (κ2) is 5.74. The molecule has 1 aromatic carbocycles. The average molecular weight is 325 g/mol. The summed E-state index contributed by atoms with van der Waals surface area (Å²) in [6, 6.07) is 5.89. The van der Waals surface area contributed by atoms with Crippen LogP contribution in [0.15, 0.2) is 22.7 Å². The Morgan fingerprint density at radius 1 is 1.42 bits per heavy atom. The summed E-state index contributed by atoms with van der Waals surface area (Å²) in [5, 5.41) is 2.82. The molecule has 0 bridgehead atoms. The highest BCUT2D eigenvalue weighted by Crippen LogP contribution is 2.26. The van der Waals surface area contributed by atoms with Crippen LogP contribution in [0.25, 0.3) is 0 Å². The first-order valence-corrected chi connectivity index (χ1v) is 7.10. The fourth-order valence-electron chi connectivity index (χ4n) is 1.96. The van der Waals surface area contributed by atoms with Gasteiger partial charge in [0.05, 0.1) is 0 Å². The van der Waals surface area contributed by atoms with E-state index in [1.54, 1.807) is 4.90 Å². The van der Waals surface area contributed by atoms with Gasteiger partial charge in [0.2, 0.25) is 11.8 Å². The second-order valence-electron chi connectivity index (χ2n) is 4.89. The summed E-state index contributed by atoms with van der Waals surface area (Å²) in [7, 11) is 0. The Kier molecular flexibility index (Phi) is 4.24. The number of carbonyl (C=O) groups excluding carboxylic acids is 2. The molecule has 0 radical (unpaired) electrons. The first-order valence-electron chi connectivity index (χ1n) is 6.30. The molecule has 102 valence electrons. The van der Waals surface area contributed by atoms with Crippen LogP contribution in [0, 0.1) is 6.92 Å². The molecule has 1 N–H and O–H groups in total. The Morgan fingerprint density at radius 2 is 2.11 bits per heavy atom. The maximum Gasteiger partial charge on any atom is 0.244 e. The fraction of sp³-hybridized carbons (Fsp3) is 0.429. The molecule has 1 aliphatic carbocycles. The number of hydrogen-bond donors (Lipinski definition) is 1. The number of rotatable bonds is 4. The van der Waals surface area contributed by atoms with Crippen LogP contribution in [-0.4, -0.2) is 29.3 Å². The van der Waals surface area contributed by atoms with E-state index in [0.717, 1.165) is 28.6 Å². The molecular formula is C14H17BrN2O2. The molecule has 5 heteroatoms. The fourth-order valence-corrected chi connectivity index (χ4v) is 2.21. The Bertz CT molecular complexity index is 512. The third-order valence-electron chi connectivity index (χ3n) is 3.15. The lowest BCUT2D eigenvalue weighted by molar-refractivity contribution is -0.133. The smallest absolute Gasteiger partial charge is 0.244 e. The van der Waals surface area contributed by atoms with Crippen molar-refractivity contribution in [2.45, 2.75) is 32.7 Å². The van der Waals surface area contributed by atoms with Crippen molar-refractivity contribution in [3.63, 3.8) is 0 Å². The molecule has 1 aliphatic rings. The summed E-state index contributed by atoms with van der Waals surface area (Å²) in [5.74, 6) is -0.187. The first-order chi connectivity index (χ1) is 8.97. The number of carbonyl (C=O) groups is 2.